The van der Waals surface area contributed by atoms with Crippen molar-refractivity contribution in [3.05, 3.63) is 36.5 Å². The number of epoxide rings is 1. The smallest absolute Gasteiger partial charge is 0.462 e. The lowest BCUT2D eigenvalue weighted by Gasteiger charge is -2.18. The Kier molecular flexibility index (Phi) is 25.0. The van der Waals surface area contributed by atoms with E-state index in [2.05, 4.69) is 55.7 Å². The molecule has 266 valence electrons. The van der Waals surface area contributed by atoms with Crippen molar-refractivity contribution in [3.63, 3.8) is 0 Å². The third kappa shape index (κ3) is 26.3. The number of esters is 2. The molecule has 0 bridgehead atoms. The lowest BCUT2D eigenvalue weighted by molar-refractivity contribution is -0.161. The Hall–Kier alpha value is -1.77. The monoisotopic (exact) mass is 670 g/mol. The molecule has 0 aromatic rings. The summed E-state index contributed by atoms with van der Waals surface area (Å²) in [5.74, 6) is -0.181. The lowest BCUT2D eigenvalue weighted by Crippen LogP contribution is -2.29. The fraction of sp³-hybridized carbons (Fsp3) is 0.778. The zero-order chi connectivity index (χ0) is 33.9. The molecule has 2 N–H and O–H groups in total. The number of phosphoric acid groups is 1. The van der Waals surface area contributed by atoms with Crippen LogP contribution in [0.1, 0.15) is 143 Å². The molecule has 0 radical (unpaired) electrons. The first kappa shape index (κ1) is 42.3. The second-order valence-electron chi connectivity index (χ2n) is 12.5. The highest BCUT2D eigenvalue weighted by molar-refractivity contribution is 7.46. The van der Waals surface area contributed by atoms with E-state index in [1.807, 2.05) is 6.08 Å². The predicted molar refractivity (Wildman–Crippen MR) is 183 cm³/mol. The molecule has 1 rings (SSSR count). The zero-order valence-electron chi connectivity index (χ0n) is 28.8. The first-order valence-electron chi connectivity index (χ1n) is 17.8. The number of unbranched alkanes of at least 4 members (excludes halogenated alkanes) is 9. The maximum absolute atomic E-state index is 12.3. The average Bonchev–Trinajstić information content (AvgIpc) is 3.77. The number of carbonyl (C=O) groups excluding carboxylic acids is 2. The molecule has 1 aliphatic rings. The van der Waals surface area contributed by atoms with Crippen molar-refractivity contribution in [1.29, 1.82) is 0 Å². The number of carbonyl (C=O) groups is 2. The van der Waals surface area contributed by atoms with Crippen LogP contribution in [0.4, 0.5) is 0 Å². The minimum atomic E-state index is -4.76. The van der Waals surface area contributed by atoms with Gasteiger partial charge < -0.3 is 24.0 Å². The number of allylic oxidation sites excluding steroid dienone is 4. The Bertz CT molecular complexity index is 926. The minimum Gasteiger partial charge on any atom is -0.462 e. The van der Waals surface area contributed by atoms with E-state index in [-0.39, 0.29) is 19.4 Å². The number of rotatable bonds is 30. The van der Waals surface area contributed by atoms with Crippen LogP contribution in [0.2, 0.25) is 0 Å². The summed E-state index contributed by atoms with van der Waals surface area (Å²) in [5, 5.41) is 0. The Morgan fingerprint density at radius 1 is 0.761 bits per heavy atom. The molecule has 10 heteroatoms. The molecular formula is C36H63O9P. The highest BCUT2D eigenvalue weighted by Gasteiger charge is 2.36. The molecule has 1 heterocycles. The third-order valence-electron chi connectivity index (χ3n) is 8.10. The first-order valence-corrected chi connectivity index (χ1v) is 19.3. The number of phosphoric ester groups is 1. The molecule has 1 aliphatic heterocycles. The summed E-state index contributed by atoms with van der Waals surface area (Å²) in [6, 6.07) is 0. The van der Waals surface area contributed by atoms with Gasteiger partial charge >= 0.3 is 19.8 Å². The quantitative estimate of drug-likeness (QED) is 0.0252. The number of hydrogen-bond donors (Lipinski definition) is 2. The first-order chi connectivity index (χ1) is 22.1. The normalized spacial score (nSPS) is 18.0. The van der Waals surface area contributed by atoms with E-state index in [4.69, 9.17) is 24.0 Å². The Morgan fingerprint density at radius 2 is 1.37 bits per heavy atom. The third-order valence-corrected chi connectivity index (χ3v) is 8.59. The minimum absolute atomic E-state index is 0.130. The van der Waals surface area contributed by atoms with Crippen LogP contribution in [-0.4, -0.2) is 53.3 Å². The molecule has 0 spiro atoms. The Labute approximate surface area is 278 Å². The Morgan fingerprint density at radius 3 is 2.07 bits per heavy atom. The molecular weight excluding hydrogens is 607 g/mol. The molecule has 0 aromatic heterocycles. The second kappa shape index (κ2) is 27.2. The van der Waals surface area contributed by atoms with Crippen molar-refractivity contribution in [2.24, 2.45) is 5.92 Å². The Balaban J connectivity index is 2.18. The van der Waals surface area contributed by atoms with E-state index in [1.165, 1.54) is 44.9 Å². The molecule has 1 fully saturated rings. The molecule has 46 heavy (non-hydrogen) atoms. The number of ether oxygens (including phenoxy) is 3. The van der Waals surface area contributed by atoms with Crippen molar-refractivity contribution < 1.29 is 42.7 Å². The van der Waals surface area contributed by atoms with E-state index in [0.717, 1.165) is 50.9 Å². The predicted octanol–water partition coefficient (Wildman–Crippen LogP) is 9.07. The maximum Gasteiger partial charge on any atom is 0.469 e. The molecule has 1 saturated heterocycles. The average molecular weight is 671 g/mol. The van der Waals surface area contributed by atoms with Crippen molar-refractivity contribution in [2.75, 3.05) is 13.2 Å². The van der Waals surface area contributed by atoms with Crippen LogP contribution in [0.5, 0.6) is 0 Å². The highest BCUT2D eigenvalue weighted by atomic mass is 31.2. The van der Waals surface area contributed by atoms with E-state index < -0.39 is 32.5 Å². The van der Waals surface area contributed by atoms with Gasteiger partial charge in [-0.3, -0.25) is 14.1 Å². The summed E-state index contributed by atoms with van der Waals surface area (Å²) in [6.07, 6.45) is 30.6. The van der Waals surface area contributed by atoms with Crippen LogP contribution in [0.25, 0.3) is 0 Å². The summed E-state index contributed by atoms with van der Waals surface area (Å²) in [6.45, 7) is 5.85. The SMILES string of the molecule is CCCCC/C=C\CC1OC1C/C=C\C/C=C\CCCC(=O)O[C@H](COC(=O)CCCCCCCCC(C)CC)COP(=O)(O)O. The van der Waals surface area contributed by atoms with Gasteiger partial charge in [0.15, 0.2) is 6.10 Å². The van der Waals surface area contributed by atoms with Crippen LogP contribution in [0, 0.1) is 5.92 Å². The van der Waals surface area contributed by atoms with Crippen LogP contribution >= 0.6 is 7.82 Å². The zero-order valence-corrected chi connectivity index (χ0v) is 29.7. The summed E-state index contributed by atoms with van der Waals surface area (Å²) >= 11 is 0. The van der Waals surface area contributed by atoms with Gasteiger partial charge in [0.2, 0.25) is 0 Å². The van der Waals surface area contributed by atoms with E-state index in [0.29, 0.717) is 31.5 Å². The molecule has 0 saturated carbocycles. The molecule has 0 aromatic carbocycles. The van der Waals surface area contributed by atoms with Gasteiger partial charge in [0, 0.05) is 12.8 Å². The van der Waals surface area contributed by atoms with Crippen LogP contribution in [0.15, 0.2) is 36.5 Å². The standard InChI is InChI=1S/C36H63O9P/c1-4-6-7-8-15-20-25-33-34(45-33)26-21-16-10-9-11-18-23-28-36(38)44-32(30-43-46(39,40)41)29-42-35(37)27-22-17-13-12-14-19-24-31(3)5-2/h9,11,15-16,20-21,31-34H,4-8,10,12-14,17-19,22-30H2,1-3H3,(H2,39,40,41)/b11-9-,20-15-,21-16-/t31?,32-,33?,34?/m1/s1. The molecule has 3 unspecified atom stereocenters. The van der Waals surface area contributed by atoms with Crippen molar-refractivity contribution in [1.82, 2.24) is 0 Å². The maximum atomic E-state index is 12.3. The highest BCUT2D eigenvalue weighted by Crippen LogP contribution is 2.36. The largest absolute Gasteiger partial charge is 0.469 e. The van der Waals surface area contributed by atoms with Gasteiger partial charge in [-0.25, -0.2) is 4.57 Å². The summed E-state index contributed by atoms with van der Waals surface area (Å²) < 4.78 is 31.9. The van der Waals surface area contributed by atoms with E-state index in [1.54, 1.807) is 0 Å². The summed E-state index contributed by atoms with van der Waals surface area (Å²) in [4.78, 5) is 42.6. The topological polar surface area (TPSA) is 132 Å². The van der Waals surface area contributed by atoms with Gasteiger partial charge in [0.05, 0.1) is 18.8 Å². The lowest BCUT2D eigenvalue weighted by atomic mass is 10.00. The van der Waals surface area contributed by atoms with E-state index in [9.17, 15) is 14.2 Å². The van der Waals surface area contributed by atoms with E-state index >= 15 is 0 Å². The molecule has 0 aliphatic carbocycles. The second-order valence-corrected chi connectivity index (χ2v) is 13.7. The van der Waals surface area contributed by atoms with Gasteiger partial charge in [-0.2, -0.15) is 0 Å². The van der Waals surface area contributed by atoms with Gasteiger partial charge in [0.25, 0.3) is 0 Å². The van der Waals surface area contributed by atoms with Crippen LogP contribution < -0.4 is 0 Å². The summed E-state index contributed by atoms with van der Waals surface area (Å²) in [7, 11) is -4.76. The van der Waals surface area contributed by atoms with Crippen LogP contribution in [-0.2, 0) is 32.9 Å². The molecule has 9 nitrogen and oxygen atoms in total. The fourth-order valence-electron chi connectivity index (χ4n) is 4.91. The fourth-order valence-corrected chi connectivity index (χ4v) is 5.27. The molecule has 4 atom stereocenters. The van der Waals surface area contributed by atoms with Crippen molar-refractivity contribution in [3.8, 4) is 0 Å². The van der Waals surface area contributed by atoms with Crippen LogP contribution in [0.3, 0.4) is 0 Å². The van der Waals surface area contributed by atoms with Gasteiger partial charge in [-0.15, -0.1) is 0 Å². The van der Waals surface area contributed by atoms with Crippen molar-refractivity contribution in [2.45, 2.75) is 161 Å². The van der Waals surface area contributed by atoms with Gasteiger partial charge in [-0.1, -0.05) is 115 Å². The molecule has 0 amide bonds. The van der Waals surface area contributed by atoms with Gasteiger partial charge in [0.1, 0.15) is 6.61 Å². The summed E-state index contributed by atoms with van der Waals surface area (Å²) in [5.41, 5.74) is 0. The van der Waals surface area contributed by atoms with Gasteiger partial charge in [-0.05, 0) is 57.3 Å². The number of hydrogen-bond acceptors (Lipinski definition) is 7. The van der Waals surface area contributed by atoms with Crippen molar-refractivity contribution >= 4 is 19.8 Å².